The zero-order chi connectivity index (χ0) is 17.3. The third kappa shape index (κ3) is 3.54. The van der Waals surface area contributed by atoms with Gasteiger partial charge in [-0.05, 0) is 43.0 Å². The molecule has 1 amide bonds. The highest BCUT2D eigenvalue weighted by atomic mass is 32.2. The number of aromatic nitrogens is 1. The highest BCUT2D eigenvalue weighted by Crippen LogP contribution is 2.30. The zero-order valence-electron chi connectivity index (χ0n) is 13.3. The zero-order valence-corrected chi connectivity index (χ0v) is 14.1. The number of H-pyrrole nitrogens is 1. The van der Waals surface area contributed by atoms with Gasteiger partial charge in [0.1, 0.15) is 11.4 Å². The Bertz CT molecular complexity index is 872. The molecule has 2 aromatic rings. The molecule has 1 aromatic carbocycles. The van der Waals surface area contributed by atoms with Crippen LogP contribution >= 0.6 is 0 Å². The van der Waals surface area contributed by atoms with Gasteiger partial charge in [-0.25, -0.2) is 0 Å². The van der Waals surface area contributed by atoms with Gasteiger partial charge in [-0.15, -0.1) is 0 Å². The molecule has 0 aliphatic carbocycles. The molecule has 24 heavy (non-hydrogen) atoms. The van der Waals surface area contributed by atoms with Crippen LogP contribution in [0.25, 0.3) is 10.9 Å². The molecule has 0 saturated carbocycles. The Hall–Kier alpha value is -2.06. The van der Waals surface area contributed by atoms with Crippen molar-refractivity contribution in [2.45, 2.75) is 31.7 Å². The topological polar surface area (TPSA) is 108 Å². The van der Waals surface area contributed by atoms with E-state index in [1.54, 1.807) is 7.11 Å². The van der Waals surface area contributed by atoms with Gasteiger partial charge >= 0.3 is 0 Å². The molecule has 1 unspecified atom stereocenters. The maximum Gasteiger partial charge on any atom is 0.268 e. The Morgan fingerprint density at radius 2 is 2.12 bits per heavy atom. The molecule has 1 atom stereocenters. The second-order valence-corrected chi connectivity index (χ2v) is 7.62. The largest absolute Gasteiger partial charge is 0.497 e. The summed E-state index contributed by atoms with van der Waals surface area (Å²) >= 11 is 0. The summed E-state index contributed by atoms with van der Waals surface area (Å²) in [6.45, 7) is 0. The Morgan fingerprint density at radius 1 is 1.33 bits per heavy atom. The third-order valence-corrected chi connectivity index (χ3v) is 5.14. The van der Waals surface area contributed by atoms with E-state index in [0.717, 1.165) is 22.2 Å². The van der Waals surface area contributed by atoms with Crippen LogP contribution < -0.4 is 10.1 Å². The molecule has 3 N–H and O–H groups in total. The van der Waals surface area contributed by atoms with E-state index in [1.165, 1.54) is 0 Å². The van der Waals surface area contributed by atoms with Crippen molar-refractivity contribution in [2.75, 3.05) is 12.9 Å². The number of benzene rings is 1. The molecule has 0 bridgehead atoms. The number of unbranched alkanes of at least 4 members (excludes halogenated alkanes) is 1. The van der Waals surface area contributed by atoms with Crippen LogP contribution in [0.1, 0.15) is 35.3 Å². The van der Waals surface area contributed by atoms with Crippen LogP contribution in [0.3, 0.4) is 0 Å². The third-order valence-electron chi connectivity index (χ3n) is 4.33. The van der Waals surface area contributed by atoms with E-state index in [9.17, 15) is 13.2 Å². The molecule has 3 rings (SSSR count). The van der Waals surface area contributed by atoms with Crippen molar-refractivity contribution < 1.29 is 22.5 Å². The van der Waals surface area contributed by atoms with E-state index in [1.807, 2.05) is 18.2 Å². The molecule has 2 heterocycles. The van der Waals surface area contributed by atoms with Crippen LogP contribution in [0.2, 0.25) is 0 Å². The minimum atomic E-state index is -3.92. The summed E-state index contributed by atoms with van der Waals surface area (Å²) in [5.41, 5.74) is 2.43. The van der Waals surface area contributed by atoms with Crippen LogP contribution in [0, 0.1) is 0 Å². The van der Waals surface area contributed by atoms with Crippen LogP contribution in [0.4, 0.5) is 0 Å². The monoisotopic (exact) mass is 352 g/mol. The Labute approximate surface area is 140 Å². The highest BCUT2D eigenvalue weighted by Gasteiger charge is 2.27. The lowest BCUT2D eigenvalue weighted by molar-refractivity contribution is 0.0918. The molecule has 130 valence electrons. The lowest BCUT2D eigenvalue weighted by Crippen LogP contribution is -2.41. The van der Waals surface area contributed by atoms with Gasteiger partial charge in [0.25, 0.3) is 16.0 Å². The standard InChI is InChI=1S/C16H20N2O5S/c1-23-11-5-6-14-12(9-11)13-8-10(17-16(19)15(13)18-14)4-2-3-7-24(20,21)22/h5-6,9-10,18H,2-4,7-8H2,1H3,(H,17,19)(H,20,21,22). The van der Waals surface area contributed by atoms with Crippen molar-refractivity contribution in [3.05, 3.63) is 29.5 Å². The van der Waals surface area contributed by atoms with E-state index < -0.39 is 10.1 Å². The van der Waals surface area contributed by atoms with Gasteiger partial charge in [0.2, 0.25) is 0 Å². The van der Waals surface area contributed by atoms with Crippen molar-refractivity contribution in [3.63, 3.8) is 0 Å². The average Bonchev–Trinajstić information content (AvgIpc) is 2.89. The van der Waals surface area contributed by atoms with E-state index in [2.05, 4.69) is 10.3 Å². The van der Waals surface area contributed by atoms with Crippen molar-refractivity contribution >= 4 is 26.9 Å². The fourth-order valence-corrected chi connectivity index (χ4v) is 3.73. The number of nitrogens with one attached hydrogen (secondary N) is 2. The van der Waals surface area contributed by atoms with Gasteiger partial charge in [-0.1, -0.05) is 6.42 Å². The first-order chi connectivity index (χ1) is 11.4. The predicted molar refractivity (Wildman–Crippen MR) is 90.1 cm³/mol. The predicted octanol–water partition coefficient (Wildman–Crippen LogP) is 1.89. The molecule has 7 nitrogen and oxygen atoms in total. The molecular formula is C16H20N2O5S. The number of carbonyl (C=O) groups is 1. The maximum absolute atomic E-state index is 12.3. The molecule has 1 aliphatic heterocycles. The van der Waals surface area contributed by atoms with Gasteiger partial charge in [0.15, 0.2) is 0 Å². The number of hydrogen-bond donors (Lipinski definition) is 3. The molecule has 0 spiro atoms. The quantitative estimate of drug-likeness (QED) is 0.543. The fraction of sp³-hybridized carbons (Fsp3) is 0.438. The van der Waals surface area contributed by atoms with Crippen molar-refractivity contribution in [2.24, 2.45) is 0 Å². The lowest BCUT2D eigenvalue weighted by Gasteiger charge is -2.23. The molecule has 1 aromatic heterocycles. The number of aromatic amines is 1. The van der Waals surface area contributed by atoms with Crippen LogP contribution in [-0.2, 0) is 16.5 Å². The molecule has 8 heteroatoms. The van der Waals surface area contributed by atoms with Gasteiger partial charge in [-0.2, -0.15) is 8.42 Å². The Balaban J connectivity index is 1.75. The highest BCUT2D eigenvalue weighted by molar-refractivity contribution is 7.85. The van der Waals surface area contributed by atoms with E-state index >= 15 is 0 Å². The minimum Gasteiger partial charge on any atom is -0.497 e. The smallest absolute Gasteiger partial charge is 0.268 e. The second-order valence-electron chi connectivity index (χ2n) is 6.05. The Morgan fingerprint density at radius 3 is 2.83 bits per heavy atom. The van der Waals surface area contributed by atoms with E-state index in [-0.39, 0.29) is 17.7 Å². The number of rotatable bonds is 6. The van der Waals surface area contributed by atoms with Crippen LogP contribution in [-0.4, -0.2) is 42.8 Å². The number of carbonyl (C=O) groups excluding carboxylic acids is 1. The normalized spacial score (nSPS) is 17.6. The first kappa shape index (κ1) is 16.8. The summed E-state index contributed by atoms with van der Waals surface area (Å²) in [6.07, 6.45) is 2.34. The van der Waals surface area contributed by atoms with Crippen LogP contribution in [0.5, 0.6) is 5.75 Å². The molecule has 1 aliphatic rings. The van der Waals surface area contributed by atoms with Gasteiger partial charge < -0.3 is 15.0 Å². The number of amides is 1. The van der Waals surface area contributed by atoms with E-state index in [4.69, 9.17) is 9.29 Å². The average molecular weight is 352 g/mol. The van der Waals surface area contributed by atoms with E-state index in [0.29, 0.717) is 31.4 Å². The SMILES string of the molecule is COc1ccc2[nH]c3c(c2c1)CC(CCCCS(=O)(=O)O)NC3=O. The van der Waals surface area contributed by atoms with Crippen LogP contribution in [0.15, 0.2) is 18.2 Å². The molecular weight excluding hydrogens is 332 g/mol. The van der Waals surface area contributed by atoms with Crippen molar-refractivity contribution in [1.82, 2.24) is 10.3 Å². The maximum atomic E-state index is 12.3. The lowest BCUT2D eigenvalue weighted by atomic mass is 9.95. The number of methoxy groups -OCH3 is 1. The Kier molecular flexibility index (Phi) is 4.51. The number of fused-ring (bicyclic) bond motifs is 3. The first-order valence-corrected chi connectivity index (χ1v) is 9.43. The molecule has 0 radical (unpaired) electrons. The minimum absolute atomic E-state index is 0.0448. The molecule has 0 fully saturated rings. The first-order valence-electron chi connectivity index (χ1n) is 7.82. The number of ether oxygens (including phenoxy) is 1. The number of hydrogen-bond acceptors (Lipinski definition) is 4. The second kappa shape index (κ2) is 6.45. The van der Waals surface area contributed by atoms with Crippen molar-refractivity contribution in [1.29, 1.82) is 0 Å². The van der Waals surface area contributed by atoms with Crippen molar-refractivity contribution in [3.8, 4) is 5.75 Å². The fourth-order valence-electron chi connectivity index (χ4n) is 3.16. The van der Waals surface area contributed by atoms with Gasteiger partial charge in [-0.3, -0.25) is 9.35 Å². The summed E-state index contributed by atoms with van der Waals surface area (Å²) in [4.78, 5) is 15.4. The summed E-state index contributed by atoms with van der Waals surface area (Å²) in [6, 6.07) is 5.60. The molecule has 0 saturated heterocycles. The van der Waals surface area contributed by atoms with Gasteiger partial charge in [0, 0.05) is 16.9 Å². The summed E-state index contributed by atoms with van der Waals surface area (Å²) in [5, 5.41) is 3.92. The summed E-state index contributed by atoms with van der Waals surface area (Å²) in [7, 11) is -2.32. The van der Waals surface area contributed by atoms with Gasteiger partial charge in [0.05, 0.1) is 12.9 Å². The summed E-state index contributed by atoms with van der Waals surface area (Å²) in [5.74, 6) is 0.342. The summed E-state index contributed by atoms with van der Waals surface area (Å²) < 4.78 is 35.5.